The number of ether oxygens (including phenoxy) is 1. The van der Waals surface area contributed by atoms with Crippen molar-refractivity contribution in [3.8, 4) is 0 Å². The minimum atomic E-state index is -0.979. The summed E-state index contributed by atoms with van der Waals surface area (Å²) in [5, 5.41) is 10.6. The van der Waals surface area contributed by atoms with Gasteiger partial charge in [0.25, 0.3) is 0 Å². The average molecular weight is 159 g/mol. The molecule has 0 heterocycles. The predicted molar refractivity (Wildman–Crippen MR) is 39.5 cm³/mol. The zero-order chi connectivity index (χ0) is 8.27. The molecule has 0 radical (unpaired) electrons. The Morgan fingerprint density at radius 2 is 2.45 bits per heavy atom. The number of rotatable bonds is 4. The summed E-state index contributed by atoms with van der Waals surface area (Å²) < 4.78 is 5.10. The highest BCUT2D eigenvalue weighted by Gasteiger charge is 2.31. The Kier molecular flexibility index (Phi) is 2.70. The molecule has 0 aromatic rings. The van der Waals surface area contributed by atoms with Crippen LogP contribution in [0.1, 0.15) is 12.8 Å². The van der Waals surface area contributed by atoms with E-state index in [0.29, 0.717) is 12.5 Å². The molecule has 4 heteroatoms. The second-order valence-electron chi connectivity index (χ2n) is 2.80. The number of carboxylic acid groups (broad SMARTS) is 1. The van der Waals surface area contributed by atoms with Gasteiger partial charge in [0.05, 0.1) is 6.10 Å². The summed E-state index contributed by atoms with van der Waals surface area (Å²) in [4.78, 5) is 10.1. The van der Waals surface area contributed by atoms with E-state index in [-0.39, 0.29) is 6.10 Å². The molecule has 4 nitrogen and oxygen atoms in total. The molecule has 1 unspecified atom stereocenters. The van der Waals surface area contributed by atoms with Crippen LogP contribution in [0.2, 0.25) is 0 Å². The first-order valence-corrected chi connectivity index (χ1v) is 3.73. The summed E-state index contributed by atoms with van der Waals surface area (Å²) >= 11 is 0. The first-order valence-electron chi connectivity index (χ1n) is 3.73. The van der Waals surface area contributed by atoms with E-state index in [9.17, 15) is 4.79 Å². The molecular weight excluding hydrogens is 146 g/mol. The van der Waals surface area contributed by atoms with Gasteiger partial charge in [0, 0.05) is 13.7 Å². The fourth-order valence-corrected chi connectivity index (χ4v) is 1.10. The number of methoxy groups -OCH3 is 1. The molecular formula is C7H13NO3. The van der Waals surface area contributed by atoms with Crippen LogP contribution in [0.3, 0.4) is 0 Å². The highest BCUT2D eigenvalue weighted by molar-refractivity contribution is 5.64. The van der Waals surface area contributed by atoms with Crippen LogP contribution in [0.4, 0.5) is 4.79 Å². The molecule has 0 aliphatic heterocycles. The Bertz CT molecular complexity index is 145. The van der Waals surface area contributed by atoms with Crippen LogP contribution in [-0.4, -0.2) is 31.0 Å². The quantitative estimate of drug-likeness (QED) is 0.634. The standard InChI is InChI=1S/C7H13NO3/c1-11-6(5-2-3-5)4-8-7(9)10/h5-6,8H,2-4H2,1H3,(H,9,10). The van der Waals surface area contributed by atoms with E-state index < -0.39 is 6.09 Å². The van der Waals surface area contributed by atoms with Crippen molar-refractivity contribution in [1.82, 2.24) is 5.32 Å². The number of carbonyl (C=O) groups is 1. The molecule has 64 valence electrons. The van der Waals surface area contributed by atoms with Crippen molar-refractivity contribution in [3.05, 3.63) is 0 Å². The van der Waals surface area contributed by atoms with Crippen LogP contribution >= 0.6 is 0 Å². The first kappa shape index (κ1) is 8.33. The summed E-state index contributed by atoms with van der Waals surface area (Å²) in [7, 11) is 1.62. The van der Waals surface area contributed by atoms with Gasteiger partial charge in [-0.1, -0.05) is 0 Å². The first-order chi connectivity index (χ1) is 5.24. The zero-order valence-electron chi connectivity index (χ0n) is 6.54. The van der Waals surface area contributed by atoms with Gasteiger partial charge in [-0.3, -0.25) is 0 Å². The molecule has 1 amide bonds. The van der Waals surface area contributed by atoms with Gasteiger partial charge in [-0.2, -0.15) is 0 Å². The van der Waals surface area contributed by atoms with Crippen LogP contribution in [0.25, 0.3) is 0 Å². The molecule has 0 aromatic carbocycles. The Morgan fingerprint density at radius 1 is 1.82 bits per heavy atom. The lowest BCUT2D eigenvalue weighted by Crippen LogP contribution is -2.33. The molecule has 2 N–H and O–H groups in total. The second-order valence-corrected chi connectivity index (χ2v) is 2.80. The Labute approximate surface area is 65.5 Å². The van der Waals surface area contributed by atoms with Crippen LogP contribution in [0.5, 0.6) is 0 Å². The molecule has 0 saturated heterocycles. The minimum absolute atomic E-state index is 0.0751. The number of hydrogen-bond acceptors (Lipinski definition) is 2. The summed E-state index contributed by atoms with van der Waals surface area (Å²) in [6.45, 7) is 0.413. The van der Waals surface area contributed by atoms with E-state index in [1.54, 1.807) is 7.11 Å². The average Bonchev–Trinajstić information content (AvgIpc) is 2.72. The number of hydrogen-bond donors (Lipinski definition) is 2. The normalized spacial score (nSPS) is 19.4. The van der Waals surface area contributed by atoms with Gasteiger partial charge in [-0.05, 0) is 18.8 Å². The SMILES string of the molecule is COC(CNC(=O)O)C1CC1. The van der Waals surface area contributed by atoms with E-state index in [0.717, 1.165) is 0 Å². The third kappa shape index (κ3) is 2.76. The molecule has 0 spiro atoms. The van der Waals surface area contributed by atoms with Crippen molar-refractivity contribution < 1.29 is 14.6 Å². The number of amides is 1. The van der Waals surface area contributed by atoms with Crippen LogP contribution in [0, 0.1) is 5.92 Å². The van der Waals surface area contributed by atoms with E-state index in [1.165, 1.54) is 12.8 Å². The molecule has 1 aliphatic rings. The lowest BCUT2D eigenvalue weighted by Gasteiger charge is -2.13. The fraction of sp³-hybridized carbons (Fsp3) is 0.857. The van der Waals surface area contributed by atoms with Crippen molar-refractivity contribution in [2.24, 2.45) is 5.92 Å². The lowest BCUT2D eigenvalue weighted by atomic mass is 10.2. The monoisotopic (exact) mass is 159 g/mol. The topological polar surface area (TPSA) is 58.6 Å². The van der Waals surface area contributed by atoms with Gasteiger partial charge in [0.2, 0.25) is 0 Å². The maximum Gasteiger partial charge on any atom is 0.404 e. The van der Waals surface area contributed by atoms with E-state index in [2.05, 4.69) is 5.32 Å². The maximum absolute atomic E-state index is 10.1. The largest absolute Gasteiger partial charge is 0.465 e. The van der Waals surface area contributed by atoms with Crippen LogP contribution < -0.4 is 5.32 Å². The van der Waals surface area contributed by atoms with E-state index in [4.69, 9.17) is 9.84 Å². The molecule has 0 bridgehead atoms. The summed E-state index contributed by atoms with van der Waals surface area (Å²) in [5.41, 5.74) is 0. The maximum atomic E-state index is 10.1. The van der Waals surface area contributed by atoms with Gasteiger partial charge in [-0.15, -0.1) is 0 Å². The third-order valence-electron chi connectivity index (χ3n) is 1.91. The summed E-state index contributed by atoms with van der Waals surface area (Å²) in [6.07, 6.45) is 1.43. The smallest absolute Gasteiger partial charge is 0.404 e. The molecule has 0 aromatic heterocycles. The molecule has 1 rings (SSSR count). The lowest BCUT2D eigenvalue weighted by molar-refractivity contribution is 0.0829. The molecule has 1 fully saturated rings. The van der Waals surface area contributed by atoms with E-state index >= 15 is 0 Å². The predicted octanol–water partition coefficient (Wildman–Crippen LogP) is 0.679. The summed E-state index contributed by atoms with van der Waals surface area (Å²) in [6, 6.07) is 0. The van der Waals surface area contributed by atoms with Crippen molar-refractivity contribution in [2.45, 2.75) is 18.9 Å². The van der Waals surface area contributed by atoms with Gasteiger partial charge >= 0.3 is 6.09 Å². The van der Waals surface area contributed by atoms with Crippen molar-refractivity contribution in [3.63, 3.8) is 0 Å². The highest BCUT2D eigenvalue weighted by Crippen LogP contribution is 2.33. The molecule has 1 aliphatic carbocycles. The highest BCUT2D eigenvalue weighted by atomic mass is 16.5. The van der Waals surface area contributed by atoms with Gasteiger partial charge in [-0.25, -0.2) is 4.79 Å². The van der Waals surface area contributed by atoms with Gasteiger partial charge < -0.3 is 15.2 Å². The Hall–Kier alpha value is -0.770. The van der Waals surface area contributed by atoms with Crippen molar-refractivity contribution in [2.75, 3.05) is 13.7 Å². The Morgan fingerprint density at radius 3 is 2.82 bits per heavy atom. The second kappa shape index (κ2) is 3.57. The van der Waals surface area contributed by atoms with E-state index in [1.807, 2.05) is 0 Å². The number of nitrogens with one attached hydrogen (secondary N) is 1. The van der Waals surface area contributed by atoms with Gasteiger partial charge in [0.1, 0.15) is 0 Å². The van der Waals surface area contributed by atoms with Crippen molar-refractivity contribution in [1.29, 1.82) is 0 Å². The minimum Gasteiger partial charge on any atom is -0.465 e. The third-order valence-corrected chi connectivity index (χ3v) is 1.91. The van der Waals surface area contributed by atoms with Crippen LogP contribution in [-0.2, 0) is 4.74 Å². The van der Waals surface area contributed by atoms with Crippen molar-refractivity contribution >= 4 is 6.09 Å². The summed E-state index contributed by atoms with van der Waals surface area (Å²) in [5.74, 6) is 0.576. The fourth-order valence-electron chi connectivity index (χ4n) is 1.10. The Balaban J connectivity index is 2.15. The van der Waals surface area contributed by atoms with Gasteiger partial charge in [0.15, 0.2) is 0 Å². The molecule has 11 heavy (non-hydrogen) atoms. The molecule has 1 saturated carbocycles. The zero-order valence-corrected chi connectivity index (χ0v) is 6.54. The molecule has 1 atom stereocenters. The van der Waals surface area contributed by atoms with Crippen LogP contribution in [0.15, 0.2) is 0 Å².